The molecule has 0 heterocycles. The van der Waals surface area contributed by atoms with E-state index in [-0.39, 0.29) is 0 Å². The molecule has 0 atom stereocenters. The smallest absolute Gasteiger partial charge is 0.153 e. The van der Waals surface area contributed by atoms with Crippen LogP contribution in [0.1, 0.15) is 21.5 Å². The summed E-state index contributed by atoms with van der Waals surface area (Å²) in [5.74, 6) is 0.557. The average Bonchev–Trinajstić information content (AvgIpc) is 2.46. The van der Waals surface area contributed by atoms with E-state index in [9.17, 15) is 4.79 Å². The van der Waals surface area contributed by atoms with Crippen LogP contribution in [0.3, 0.4) is 0 Å². The van der Waals surface area contributed by atoms with Gasteiger partial charge in [0.2, 0.25) is 0 Å². The lowest BCUT2D eigenvalue weighted by atomic mass is 9.98. The zero-order chi connectivity index (χ0) is 13.8. The number of ether oxygens (including phenoxy) is 1. The zero-order valence-corrected chi connectivity index (χ0v) is 10.8. The number of aryl methyl sites for hydroxylation is 1. The SMILES string of the molecule is COc1c(C=O)cccc1-c1ccc(C#N)c(C)c1. The van der Waals surface area contributed by atoms with Crippen molar-refractivity contribution >= 4 is 6.29 Å². The van der Waals surface area contributed by atoms with Crippen LogP contribution in [0.2, 0.25) is 0 Å². The number of benzene rings is 2. The molecule has 19 heavy (non-hydrogen) atoms. The molecule has 0 amide bonds. The Kier molecular flexibility index (Phi) is 3.63. The minimum Gasteiger partial charge on any atom is -0.495 e. The number of nitriles is 1. The highest BCUT2D eigenvalue weighted by Gasteiger charge is 2.11. The Hall–Kier alpha value is -2.60. The van der Waals surface area contributed by atoms with Crippen LogP contribution in [0, 0.1) is 18.3 Å². The molecule has 0 N–H and O–H groups in total. The molecule has 0 aliphatic heterocycles. The number of aldehydes is 1. The summed E-state index contributed by atoms with van der Waals surface area (Å²) in [7, 11) is 1.54. The highest BCUT2D eigenvalue weighted by molar-refractivity contribution is 5.86. The maximum Gasteiger partial charge on any atom is 0.153 e. The lowest BCUT2D eigenvalue weighted by Gasteiger charge is -2.11. The number of hydrogen-bond acceptors (Lipinski definition) is 3. The lowest BCUT2D eigenvalue weighted by Crippen LogP contribution is -1.94. The molecular weight excluding hydrogens is 238 g/mol. The van der Waals surface area contributed by atoms with Crippen molar-refractivity contribution in [3.05, 3.63) is 53.1 Å². The summed E-state index contributed by atoms with van der Waals surface area (Å²) in [6, 6.07) is 13.1. The first-order valence-electron chi connectivity index (χ1n) is 5.84. The van der Waals surface area contributed by atoms with Gasteiger partial charge in [-0.1, -0.05) is 18.2 Å². The summed E-state index contributed by atoms with van der Waals surface area (Å²) in [6.45, 7) is 1.89. The van der Waals surface area contributed by atoms with Gasteiger partial charge in [0.05, 0.1) is 24.3 Å². The number of rotatable bonds is 3. The summed E-state index contributed by atoms with van der Waals surface area (Å²) in [5, 5.41) is 8.94. The molecule has 0 unspecified atom stereocenters. The predicted molar refractivity (Wildman–Crippen MR) is 73.3 cm³/mol. The van der Waals surface area contributed by atoms with Gasteiger partial charge in [0.15, 0.2) is 6.29 Å². The van der Waals surface area contributed by atoms with Gasteiger partial charge in [-0.3, -0.25) is 4.79 Å². The van der Waals surface area contributed by atoms with Crippen LogP contribution in [-0.2, 0) is 0 Å². The Morgan fingerprint density at radius 3 is 2.63 bits per heavy atom. The van der Waals surface area contributed by atoms with E-state index in [1.54, 1.807) is 19.2 Å². The van der Waals surface area contributed by atoms with E-state index in [1.165, 1.54) is 0 Å². The normalized spacial score (nSPS) is 9.74. The fourth-order valence-corrected chi connectivity index (χ4v) is 2.06. The van der Waals surface area contributed by atoms with Crippen molar-refractivity contribution in [1.82, 2.24) is 0 Å². The highest BCUT2D eigenvalue weighted by Crippen LogP contribution is 2.33. The fourth-order valence-electron chi connectivity index (χ4n) is 2.06. The van der Waals surface area contributed by atoms with Gasteiger partial charge in [-0.15, -0.1) is 0 Å². The third-order valence-corrected chi connectivity index (χ3v) is 3.03. The Balaban J connectivity index is 2.62. The minimum atomic E-state index is 0.516. The predicted octanol–water partition coefficient (Wildman–Crippen LogP) is 3.35. The second-order valence-electron chi connectivity index (χ2n) is 4.19. The molecule has 0 saturated heterocycles. The van der Waals surface area contributed by atoms with Crippen molar-refractivity contribution in [3.8, 4) is 22.9 Å². The maximum atomic E-state index is 11.0. The minimum absolute atomic E-state index is 0.516. The van der Waals surface area contributed by atoms with Crippen LogP contribution in [0.25, 0.3) is 11.1 Å². The molecule has 94 valence electrons. The van der Waals surface area contributed by atoms with Crippen LogP contribution >= 0.6 is 0 Å². The molecule has 0 spiro atoms. The molecule has 2 aromatic rings. The molecule has 0 saturated carbocycles. The first kappa shape index (κ1) is 12.8. The van der Waals surface area contributed by atoms with E-state index in [1.807, 2.05) is 31.2 Å². The summed E-state index contributed by atoms with van der Waals surface area (Å²) in [4.78, 5) is 11.0. The molecule has 0 aliphatic rings. The van der Waals surface area contributed by atoms with Crippen molar-refractivity contribution in [3.63, 3.8) is 0 Å². The summed E-state index contributed by atoms with van der Waals surface area (Å²) < 4.78 is 5.32. The number of para-hydroxylation sites is 1. The molecule has 2 aromatic carbocycles. The van der Waals surface area contributed by atoms with E-state index in [2.05, 4.69) is 6.07 Å². The molecule has 0 fully saturated rings. The van der Waals surface area contributed by atoms with Gasteiger partial charge < -0.3 is 4.74 Å². The third-order valence-electron chi connectivity index (χ3n) is 3.03. The van der Waals surface area contributed by atoms with Crippen LogP contribution in [0.5, 0.6) is 5.75 Å². The molecule has 2 rings (SSSR count). The maximum absolute atomic E-state index is 11.0. The Morgan fingerprint density at radius 2 is 2.05 bits per heavy atom. The fraction of sp³-hybridized carbons (Fsp3) is 0.125. The van der Waals surface area contributed by atoms with E-state index in [4.69, 9.17) is 10.00 Å². The largest absolute Gasteiger partial charge is 0.495 e. The second-order valence-corrected chi connectivity index (χ2v) is 4.19. The molecule has 3 nitrogen and oxygen atoms in total. The van der Waals surface area contributed by atoms with Gasteiger partial charge >= 0.3 is 0 Å². The first-order valence-corrected chi connectivity index (χ1v) is 5.84. The van der Waals surface area contributed by atoms with Gasteiger partial charge in [-0.2, -0.15) is 5.26 Å². The van der Waals surface area contributed by atoms with E-state index < -0.39 is 0 Å². The van der Waals surface area contributed by atoms with Crippen LogP contribution in [0.15, 0.2) is 36.4 Å². The van der Waals surface area contributed by atoms with Crippen molar-refractivity contribution in [2.24, 2.45) is 0 Å². The summed E-state index contributed by atoms with van der Waals surface area (Å²) in [6.07, 6.45) is 0.777. The van der Waals surface area contributed by atoms with Crippen LogP contribution in [-0.4, -0.2) is 13.4 Å². The third kappa shape index (κ3) is 2.34. The first-order chi connectivity index (χ1) is 9.21. The van der Waals surface area contributed by atoms with Gasteiger partial charge in [-0.05, 0) is 36.2 Å². The monoisotopic (exact) mass is 251 g/mol. The Morgan fingerprint density at radius 1 is 1.26 bits per heavy atom. The van der Waals surface area contributed by atoms with E-state index in [0.29, 0.717) is 16.9 Å². The topological polar surface area (TPSA) is 50.1 Å². The number of carbonyl (C=O) groups excluding carboxylic acids is 1. The van der Waals surface area contributed by atoms with Gasteiger partial charge in [-0.25, -0.2) is 0 Å². The van der Waals surface area contributed by atoms with Gasteiger partial charge in [0.25, 0.3) is 0 Å². The van der Waals surface area contributed by atoms with Gasteiger partial charge in [0, 0.05) is 5.56 Å². The zero-order valence-electron chi connectivity index (χ0n) is 10.8. The molecular formula is C16H13NO2. The van der Waals surface area contributed by atoms with Gasteiger partial charge in [0.1, 0.15) is 5.75 Å². The Labute approximate surface area is 112 Å². The quantitative estimate of drug-likeness (QED) is 0.786. The molecule has 0 aromatic heterocycles. The molecule has 0 radical (unpaired) electrons. The van der Waals surface area contributed by atoms with E-state index >= 15 is 0 Å². The average molecular weight is 251 g/mol. The lowest BCUT2D eigenvalue weighted by molar-refractivity contribution is 0.112. The van der Waals surface area contributed by atoms with Crippen molar-refractivity contribution in [1.29, 1.82) is 5.26 Å². The summed E-state index contributed by atoms with van der Waals surface area (Å²) in [5.41, 5.74) is 3.84. The van der Waals surface area contributed by atoms with Crippen molar-refractivity contribution < 1.29 is 9.53 Å². The number of methoxy groups -OCH3 is 1. The molecule has 0 aliphatic carbocycles. The van der Waals surface area contributed by atoms with Crippen LogP contribution < -0.4 is 4.74 Å². The number of carbonyl (C=O) groups is 1. The summed E-state index contributed by atoms with van der Waals surface area (Å²) >= 11 is 0. The van der Waals surface area contributed by atoms with Crippen molar-refractivity contribution in [2.45, 2.75) is 6.92 Å². The molecule has 3 heteroatoms. The number of nitrogens with zero attached hydrogens (tertiary/aromatic N) is 1. The Bertz CT molecular complexity index is 669. The van der Waals surface area contributed by atoms with Crippen LogP contribution in [0.4, 0.5) is 0 Å². The number of hydrogen-bond donors (Lipinski definition) is 0. The molecule has 0 bridgehead atoms. The van der Waals surface area contributed by atoms with E-state index in [0.717, 1.165) is 23.0 Å². The second kappa shape index (κ2) is 5.36. The highest BCUT2D eigenvalue weighted by atomic mass is 16.5. The standard InChI is InChI=1S/C16H13NO2/c1-11-8-12(6-7-13(11)9-17)15-5-3-4-14(10-18)16(15)19-2/h3-8,10H,1-2H3. The van der Waals surface area contributed by atoms with Crippen molar-refractivity contribution in [2.75, 3.05) is 7.11 Å².